The van der Waals surface area contributed by atoms with E-state index in [-0.39, 0.29) is 0 Å². The molecule has 0 aliphatic carbocycles. The number of fused-ring (bicyclic) bond motifs is 1. The number of para-hydroxylation sites is 1. The van der Waals surface area contributed by atoms with Crippen LogP contribution < -0.4 is 25.6 Å². The summed E-state index contributed by atoms with van der Waals surface area (Å²) in [5.41, 5.74) is 2.64. The number of piperidine rings is 1. The predicted molar refractivity (Wildman–Crippen MR) is 154 cm³/mol. The fourth-order valence-corrected chi connectivity index (χ4v) is 6.48. The minimum atomic E-state index is -2.50. The Morgan fingerprint density at radius 2 is 1.89 bits per heavy atom. The molecule has 37 heavy (non-hydrogen) atoms. The summed E-state index contributed by atoms with van der Waals surface area (Å²) in [5.74, 6) is 1.53. The normalized spacial score (nSPS) is 18.3. The van der Waals surface area contributed by atoms with Crippen molar-refractivity contribution in [3.05, 3.63) is 53.7 Å². The van der Waals surface area contributed by atoms with E-state index in [1.165, 1.54) is 25.8 Å². The molecule has 8 nitrogen and oxygen atoms in total. The predicted octanol–water partition coefficient (Wildman–Crippen LogP) is 5.55. The summed E-state index contributed by atoms with van der Waals surface area (Å²) in [6.07, 6.45) is 5.46. The van der Waals surface area contributed by atoms with Crippen LogP contribution in [-0.2, 0) is 4.57 Å². The largest absolute Gasteiger partial charge is 0.494 e. The monoisotopic (exact) mass is 540 g/mol. The second-order valence-electron chi connectivity index (χ2n) is 10.0. The van der Waals surface area contributed by atoms with Crippen LogP contribution in [0.3, 0.4) is 0 Å². The van der Waals surface area contributed by atoms with Gasteiger partial charge in [-0.25, -0.2) is 4.98 Å². The van der Waals surface area contributed by atoms with Gasteiger partial charge in [-0.1, -0.05) is 30.2 Å². The van der Waals surface area contributed by atoms with Crippen molar-refractivity contribution in [1.29, 1.82) is 0 Å². The Bertz CT molecular complexity index is 1320. The van der Waals surface area contributed by atoms with Crippen molar-refractivity contribution in [2.24, 2.45) is 0 Å². The smallest absolute Gasteiger partial charge is 0.229 e. The molecule has 0 bridgehead atoms. The zero-order chi connectivity index (χ0) is 26.0. The highest BCUT2D eigenvalue weighted by Gasteiger charge is 2.29. The summed E-state index contributed by atoms with van der Waals surface area (Å²) in [7, 11) is -0.827. The van der Waals surface area contributed by atoms with E-state index >= 15 is 0 Å². The Morgan fingerprint density at radius 1 is 1.05 bits per heavy atom. The van der Waals surface area contributed by atoms with Crippen LogP contribution in [0.25, 0.3) is 0 Å². The number of hydrogen-bond donors (Lipinski definition) is 2. The molecule has 0 radical (unpaired) electrons. The number of piperazine rings is 1. The minimum Gasteiger partial charge on any atom is -0.494 e. The highest BCUT2D eigenvalue weighted by atomic mass is 35.5. The number of halogens is 1. The van der Waals surface area contributed by atoms with E-state index in [0.717, 1.165) is 42.1 Å². The Labute approximate surface area is 223 Å². The van der Waals surface area contributed by atoms with E-state index < -0.39 is 7.14 Å². The Kier molecular flexibility index (Phi) is 7.61. The summed E-state index contributed by atoms with van der Waals surface area (Å²) < 4.78 is 18.5. The summed E-state index contributed by atoms with van der Waals surface area (Å²) in [4.78, 5) is 14.0. The lowest BCUT2D eigenvalue weighted by Crippen LogP contribution is -2.54. The Morgan fingerprint density at radius 3 is 2.70 bits per heavy atom. The van der Waals surface area contributed by atoms with E-state index in [4.69, 9.17) is 16.3 Å². The van der Waals surface area contributed by atoms with Crippen LogP contribution in [0, 0.1) is 0 Å². The molecule has 3 aromatic rings. The van der Waals surface area contributed by atoms with Gasteiger partial charge in [0.1, 0.15) is 17.9 Å². The van der Waals surface area contributed by atoms with Crippen LogP contribution in [0.1, 0.15) is 19.3 Å². The maximum absolute atomic E-state index is 12.8. The van der Waals surface area contributed by atoms with Crippen molar-refractivity contribution >= 4 is 52.9 Å². The Hall–Kier alpha value is -2.80. The number of hydrogen-bond acceptors (Lipinski definition) is 8. The van der Waals surface area contributed by atoms with Crippen LogP contribution in [-0.4, -0.2) is 67.5 Å². The van der Waals surface area contributed by atoms with Gasteiger partial charge in [-0.2, -0.15) is 4.98 Å². The van der Waals surface area contributed by atoms with Gasteiger partial charge in [0.25, 0.3) is 0 Å². The number of anilines is 5. The number of rotatable bonds is 7. The first-order chi connectivity index (χ1) is 17.8. The molecule has 2 fully saturated rings. The fraction of sp³-hybridized carbons (Fsp3) is 0.407. The first kappa shape index (κ1) is 25.8. The van der Waals surface area contributed by atoms with Crippen LogP contribution in [0.2, 0.25) is 5.02 Å². The van der Waals surface area contributed by atoms with Gasteiger partial charge in [0.05, 0.1) is 24.7 Å². The summed E-state index contributed by atoms with van der Waals surface area (Å²) in [6.45, 7) is 7.89. The quantitative estimate of drug-likeness (QED) is 0.378. The number of nitrogens with zero attached hydrogens (tertiary/aromatic N) is 4. The second-order valence-corrected chi connectivity index (χ2v) is 13.6. The van der Waals surface area contributed by atoms with Gasteiger partial charge in [-0.05, 0) is 57.0 Å². The molecule has 2 aliphatic heterocycles. The molecule has 196 valence electrons. The molecule has 0 spiro atoms. The molecule has 1 atom stereocenters. The van der Waals surface area contributed by atoms with Gasteiger partial charge in [0.15, 0.2) is 5.82 Å². The molecule has 2 saturated heterocycles. The molecular weight excluding hydrogens is 507 g/mol. The van der Waals surface area contributed by atoms with Gasteiger partial charge in [0.2, 0.25) is 5.95 Å². The number of nitrogens with one attached hydrogen (secondary N) is 2. The molecular formula is C27H34ClN6O2P. The zero-order valence-corrected chi connectivity index (χ0v) is 23.2. The number of benzene rings is 2. The first-order valence-electron chi connectivity index (χ1n) is 12.7. The molecule has 1 unspecified atom stereocenters. The summed E-state index contributed by atoms with van der Waals surface area (Å²) >= 11 is 6.41. The first-order valence-corrected chi connectivity index (χ1v) is 15.7. The highest BCUT2D eigenvalue weighted by Crippen LogP contribution is 2.39. The van der Waals surface area contributed by atoms with Crippen molar-refractivity contribution in [3.8, 4) is 5.75 Å². The average Bonchev–Trinajstić information content (AvgIpc) is 2.90. The van der Waals surface area contributed by atoms with Crippen molar-refractivity contribution in [2.75, 3.05) is 62.2 Å². The number of aromatic nitrogens is 2. The van der Waals surface area contributed by atoms with E-state index in [1.54, 1.807) is 26.6 Å². The maximum atomic E-state index is 12.8. The van der Waals surface area contributed by atoms with E-state index in [0.29, 0.717) is 28.5 Å². The second kappa shape index (κ2) is 10.9. The number of methoxy groups -OCH3 is 1. The molecule has 2 aliphatic rings. The van der Waals surface area contributed by atoms with Gasteiger partial charge in [0, 0.05) is 42.7 Å². The average molecular weight is 541 g/mol. The lowest BCUT2D eigenvalue weighted by Gasteiger charge is -2.45. The van der Waals surface area contributed by atoms with E-state index in [1.807, 2.05) is 30.3 Å². The topological polar surface area (TPSA) is 82.6 Å². The van der Waals surface area contributed by atoms with Crippen LogP contribution in [0.4, 0.5) is 28.8 Å². The third kappa shape index (κ3) is 5.87. The lowest BCUT2D eigenvalue weighted by atomic mass is 9.99. The van der Waals surface area contributed by atoms with E-state index in [2.05, 4.69) is 42.5 Å². The van der Waals surface area contributed by atoms with Gasteiger partial charge in [-0.15, -0.1) is 0 Å². The Balaban J connectivity index is 1.35. The summed E-state index contributed by atoms with van der Waals surface area (Å²) in [5, 5.41) is 7.62. The van der Waals surface area contributed by atoms with Gasteiger partial charge < -0.3 is 24.8 Å². The van der Waals surface area contributed by atoms with E-state index in [9.17, 15) is 4.57 Å². The van der Waals surface area contributed by atoms with Crippen molar-refractivity contribution < 1.29 is 9.30 Å². The van der Waals surface area contributed by atoms with Crippen molar-refractivity contribution in [2.45, 2.75) is 25.3 Å². The molecule has 1 aromatic heterocycles. The molecule has 0 saturated carbocycles. The lowest BCUT2D eigenvalue weighted by molar-refractivity contribution is 0.133. The fourth-order valence-electron chi connectivity index (χ4n) is 5.18. The maximum Gasteiger partial charge on any atom is 0.229 e. The zero-order valence-electron chi connectivity index (χ0n) is 21.6. The molecule has 2 aromatic carbocycles. The van der Waals surface area contributed by atoms with Gasteiger partial charge in [-0.3, -0.25) is 4.90 Å². The van der Waals surface area contributed by atoms with Crippen molar-refractivity contribution in [1.82, 2.24) is 14.9 Å². The standard InChI is InChI=1S/C27H34ClN6O2P/c1-36-24-16-19(34-15-14-33-13-7-6-8-20(33)18-34)11-12-22(24)31-27-29-17-21(28)26(32-27)30-23-9-4-5-10-25(23)37(2,3)35/h4-5,9-12,16-17,20H,6-8,13-15,18H2,1-3H3,(H2,29,30,31,32). The minimum absolute atomic E-state index is 0.367. The molecule has 0 amide bonds. The summed E-state index contributed by atoms with van der Waals surface area (Å²) in [6, 6.07) is 14.3. The highest BCUT2D eigenvalue weighted by molar-refractivity contribution is 7.70. The molecule has 2 N–H and O–H groups in total. The van der Waals surface area contributed by atoms with Gasteiger partial charge >= 0.3 is 0 Å². The molecule has 5 rings (SSSR count). The van der Waals surface area contributed by atoms with Crippen LogP contribution >= 0.6 is 18.7 Å². The molecule has 10 heteroatoms. The third-order valence-corrected chi connectivity index (χ3v) is 8.94. The van der Waals surface area contributed by atoms with Crippen molar-refractivity contribution in [3.63, 3.8) is 0 Å². The van der Waals surface area contributed by atoms with Crippen LogP contribution in [0.15, 0.2) is 48.7 Å². The SMILES string of the molecule is COc1cc(N2CCN3CCCCC3C2)ccc1Nc1ncc(Cl)c(Nc2ccccc2P(C)(C)=O)n1. The third-order valence-electron chi connectivity index (χ3n) is 7.12. The molecule has 3 heterocycles. The van der Waals surface area contributed by atoms with Crippen LogP contribution in [0.5, 0.6) is 5.75 Å². The number of ether oxygens (including phenoxy) is 1.